The molecule has 1 saturated carbocycles. The molecule has 0 aliphatic heterocycles. The van der Waals surface area contributed by atoms with Gasteiger partial charge in [-0.1, -0.05) is 48.8 Å². The van der Waals surface area contributed by atoms with Crippen LogP contribution in [0.1, 0.15) is 49.9 Å². The Morgan fingerprint density at radius 1 is 1.30 bits per heavy atom. The van der Waals surface area contributed by atoms with Gasteiger partial charge >= 0.3 is 0 Å². The van der Waals surface area contributed by atoms with Gasteiger partial charge in [0.15, 0.2) is 5.82 Å². The number of benzene rings is 1. The van der Waals surface area contributed by atoms with Crippen molar-refractivity contribution in [2.75, 3.05) is 0 Å². The van der Waals surface area contributed by atoms with Crippen molar-refractivity contribution in [2.45, 2.75) is 50.5 Å². The van der Waals surface area contributed by atoms with Crippen molar-refractivity contribution < 1.29 is 9.63 Å². The Balaban J connectivity index is 1.77. The van der Waals surface area contributed by atoms with Crippen LogP contribution in [0.2, 0.25) is 0 Å². The molecule has 4 nitrogen and oxygen atoms in total. The molecule has 1 aromatic carbocycles. The molecule has 1 aliphatic carbocycles. The van der Waals surface area contributed by atoms with Gasteiger partial charge < -0.3 is 9.63 Å². The normalized spacial score (nSPS) is 17.9. The fourth-order valence-electron chi connectivity index (χ4n) is 2.69. The van der Waals surface area contributed by atoms with Crippen LogP contribution in [0.5, 0.6) is 0 Å². The summed E-state index contributed by atoms with van der Waals surface area (Å²) in [6, 6.07) is 10.3. The SMILES string of the molecule is CCCC(O)Cc1nc(C2(c3ccccc3)CC2)no1. The summed E-state index contributed by atoms with van der Waals surface area (Å²) < 4.78 is 5.31. The van der Waals surface area contributed by atoms with E-state index in [0.29, 0.717) is 12.3 Å². The number of hydrogen-bond donors (Lipinski definition) is 1. The van der Waals surface area contributed by atoms with Gasteiger partial charge in [-0.2, -0.15) is 4.98 Å². The molecule has 0 spiro atoms. The summed E-state index contributed by atoms with van der Waals surface area (Å²) in [5.74, 6) is 1.31. The Kier molecular flexibility index (Phi) is 3.57. The van der Waals surface area contributed by atoms with Crippen molar-refractivity contribution in [1.29, 1.82) is 0 Å². The summed E-state index contributed by atoms with van der Waals surface area (Å²) in [7, 11) is 0. The lowest BCUT2D eigenvalue weighted by Gasteiger charge is -2.10. The van der Waals surface area contributed by atoms with Crippen LogP contribution in [0.3, 0.4) is 0 Å². The second-order valence-corrected chi connectivity index (χ2v) is 5.61. The fourth-order valence-corrected chi connectivity index (χ4v) is 2.69. The maximum Gasteiger partial charge on any atom is 0.229 e. The average molecular weight is 272 g/mol. The molecule has 0 saturated heterocycles. The molecular formula is C16H20N2O2. The molecular weight excluding hydrogens is 252 g/mol. The second-order valence-electron chi connectivity index (χ2n) is 5.61. The Morgan fingerprint density at radius 2 is 2.05 bits per heavy atom. The number of aliphatic hydroxyl groups is 1. The highest BCUT2D eigenvalue weighted by molar-refractivity contribution is 5.38. The number of aromatic nitrogens is 2. The van der Waals surface area contributed by atoms with Crippen LogP contribution in [0, 0.1) is 0 Å². The van der Waals surface area contributed by atoms with Gasteiger partial charge in [0.1, 0.15) is 0 Å². The van der Waals surface area contributed by atoms with Gasteiger partial charge in [-0.3, -0.25) is 0 Å². The molecule has 0 amide bonds. The van der Waals surface area contributed by atoms with Crippen LogP contribution in [0.25, 0.3) is 0 Å². The highest BCUT2D eigenvalue weighted by atomic mass is 16.5. The van der Waals surface area contributed by atoms with Crippen molar-refractivity contribution in [3.05, 3.63) is 47.6 Å². The van der Waals surface area contributed by atoms with E-state index in [-0.39, 0.29) is 11.5 Å². The van der Waals surface area contributed by atoms with Crippen LogP contribution in [-0.2, 0) is 11.8 Å². The van der Waals surface area contributed by atoms with E-state index >= 15 is 0 Å². The smallest absolute Gasteiger partial charge is 0.229 e. The van der Waals surface area contributed by atoms with Gasteiger partial charge in [0.05, 0.1) is 17.9 Å². The van der Waals surface area contributed by atoms with E-state index in [1.165, 1.54) is 5.56 Å². The summed E-state index contributed by atoms with van der Waals surface area (Å²) >= 11 is 0. The number of rotatable bonds is 6. The summed E-state index contributed by atoms with van der Waals surface area (Å²) in [6.07, 6.45) is 3.91. The molecule has 1 aromatic heterocycles. The molecule has 4 heteroatoms. The molecule has 1 N–H and O–H groups in total. The predicted molar refractivity (Wildman–Crippen MR) is 75.4 cm³/mol. The first kappa shape index (κ1) is 13.3. The molecule has 106 valence electrons. The highest BCUT2D eigenvalue weighted by Gasteiger charge is 2.49. The molecule has 3 rings (SSSR count). The van der Waals surface area contributed by atoms with Gasteiger partial charge in [0, 0.05) is 0 Å². The van der Waals surface area contributed by atoms with Gasteiger partial charge in [-0.05, 0) is 24.8 Å². The van der Waals surface area contributed by atoms with Crippen molar-refractivity contribution in [3.8, 4) is 0 Å². The standard InChI is InChI=1S/C16H20N2O2/c1-2-6-13(19)11-14-17-15(18-20-14)16(9-10-16)12-7-4-3-5-8-12/h3-5,7-8,13,19H,2,6,9-11H2,1H3. The molecule has 0 radical (unpaired) electrons. The lowest BCUT2D eigenvalue weighted by atomic mass is 9.95. The maximum absolute atomic E-state index is 9.82. The summed E-state index contributed by atoms with van der Waals surface area (Å²) in [6.45, 7) is 2.05. The monoisotopic (exact) mass is 272 g/mol. The van der Waals surface area contributed by atoms with E-state index < -0.39 is 0 Å². The van der Waals surface area contributed by atoms with Crippen LogP contribution in [0.15, 0.2) is 34.9 Å². The van der Waals surface area contributed by atoms with Crippen molar-refractivity contribution in [3.63, 3.8) is 0 Å². The average Bonchev–Trinajstić information content (AvgIpc) is 3.15. The zero-order valence-electron chi connectivity index (χ0n) is 11.7. The third kappa shape index (κ3) is 2.48. The van der Waals surface area contributed by atoms with Crippen molar-refractivity contribution in [1.82, 2.24) is 10.1 Å². The molecule has 1 atom stereocenters. The van der Waals surface area contributed by atoms with E-state index in [2.05, 4.69) is 29.2 Å². The summed E-state index contributed by atoms with van der Waals surface area (Å²) in [5.41, 5.74) is 1.19. The van der Waals surface area contributed by atoms with Crippen LogP contribution in [0.4, 0.5) is 0 Å². The van der Waals surface area contributed by atoms with Crippen molar-refractivity contribution in [2.24, 2.45) is 0 Å². The third-order valence-corrected chi connectivity index (χ3v) is 4.00. The third-order valence-electron chi connectivity index (χ3n) is 4.00. The molecule has 1 heterocycles. The first-order valence-electron chi connectivity index (χ1n) is 7.31. The van der Waals surface area contributed by atoms with Crippen LogP contribution >= 0.6 is 0 Å². The molecule has 0 bridgehead atoms. The minimum absolute atomic E-state index is 0.0568. The minimum Gasteiger partial charge on any atom is -0.393 e. The molecule has 2 aromatic rings. The Morgan fingerprint density at radius 3 is 2.70 bits per heavy atom. The first-order chi connectivity index (χ1) is 9.74. The van der Waals surface area contributed by atoms with E-state index in [9.17, 15) is 5.11 Å². The topological polar surface area (TPSA) is 59.2 Å². The van der Waals surface area contributed by atoms with E-state index in [1.54, 1.807) is 0 Å². The number of aliphatic hydroxyl groups excluding tert-OH is 1. The van der Waals surface area contributed by atoms with Gasteiger partial charge in [0.2, 0.25) is 5.89 Å². The lowest BCUT2D eigenvalue weighted by Crippen LogP contribution is -2.12. The van der Waals surface area contributed by atoms with Crippen LogP contribution in [-0.4, -0.2) is 21.4 Å². The summed E-state index contributed by atoms with van der Waals surface area (Å²) in [5, 5.41) is 14.0. The molecule has 1 aliphatic rings. The largest absolute Gasteiger partial charge is 0.393 e. The Hall–Kier alpha value is -1.68. The maximum atomic E-state index is 9.82. The summed E-state index contributed by atoms with van der Waals surface area (Å²) in [4.78, 5) is 4.51. The van der Waals surface area contributed by atoms with Gasteiger partial charge in [-0.15, -0.1) is 0 Å². The quantitative estimate of drug-likeness (QED) is 0.878. The van der Waals surface area contributed by atoms with Gasteiger partial charge in [0.25, 0.3) is 0 Å². The Bertz CT molecular complexity index is 561. The fraction of sp³-hybridized carbons (Fsp3) is 0.500. The first-order valence-corrected chi connectivity index (χ1v) is 7.31. The van der Waals surface area contributed by atoms with E-state index in [1.807, 2.05) is 18.2 Å². The van der Waals surface area contributed by atoms with Crippen molar-refractivity contribution >= 4 is 0 Å². The predicted octanol–water partition coefficient (Wildman–Crippen LogP) is 2.85. The molecule has 1 unspecified atom stereocenters. The molecule has 1 fully saturated rings. The van der Waals surface area contributed by atoms with Gasteiger partial charge in [-0.25, -0.2) is 0 Å². The molecule has 20 heavy (non-hydrogen) atoms. The zero-order valence-corrected chi connectivity index (χ0v) is 11.7. The van der Waals surface area contributed by atoms with Crippen LogP contribution < -0.4 is 0 Å². The number of nitrogens with zero attached hydrogens (tertiary/aromatic N) is 2. The lowest BCUT2D eigenvalue weighted by molar-refractivity contribution is 0.151. The Labute approximate surface area is 118 Å². The number of hydrogen-bond acceptors (Lipinski definition) is 4. The minimum atomic E-state index is -0.389. The second kappa shape index (κ2) is 5.37. The highest BCUT2D eigenvalue weighted by Crippen LogP contribution is 2.52. The zero-order chi connectivity index (χ0) is 14.0. The van der Waals surface area contributed by atoms with E-state index in [0.717, 1.165) is 31.5 Å². The van der Waals surface area contributed by atoms with E-state index in [4.69, 9.17) is 4.52 Å².